The molecule has 6 heteroatoms. The van der Waals surface area contributed by atoms with Crippen LogP contribution in [-0.4, -0.2) is 10.2 Å². The summed E-state index contributed by atoms with van der Waals surface area (Å²) in [5.41, 5.74) is 0.283. The smallest absolute Gasteiger partial charge is 0.238 e. The predicted molar refractivity (Wildman–Crippen MR) is 92.3 cm³/mol. The average Bonchev–Trinajstić information content (AvgIpc) is 3.07. The van der Waals surface area contributed by atoms with Gasteiger partial charge in [-0.05, 0) is 23.8 Å². The van der Waals surface area contributed by atoms with E-state index in [9.17, 15) is 4.79 Å². The molecule has 1 aliphatic carbocycles. The van der Waals surface area contributed by atoms with E-state index in [1.807, 2.05) is 30.3 Å². The fourth-order valence-electron chi connectivity index (χ4n) is 2.52. The summed E-state index contributed by atoms with van der Waals surface area (Å²) in [6.07, 6.45) is 0.351. The van der Waals surface area contributed by atoms with Crippen molar-refractivity contribution in [3.8, 4) is 0 Å². The van der Waals surface area contributed by atoms with E-state index in [0.717, 1.165) is 5.56 Å². The number of carbonyl (C=O) groups excluding carboxylic acids is 1. The van der Waals surface area contributed by atoms with Gasteiger partial charge >= 0.3 is 0 Å². The molecule has 0 radical (unpaired) electrons. The zero-order chi connectivity index (χ0) is 16.0. The predicted octanol–water partition coefficient (Wildman–Crippen LogP) is 5.45. The van der Waals surface area contributed by atoms with Gasteiger partial charge in [0.25, 0.3) is 0 Å². The first-order valence-electron chi connectivity index (χ1n) is 6.57. The van der Waals surface area contributed by atoms with Crippen molar-refractivity contribution in [2.75, 3.05) is 5.32 Å². The monoisotopic (exact) mass is 373 g/mol. The van der Waals surface area contributed by atoms with Crippen LogP contribution >= 0.6 is 46.4 Å². The van der Waals surface area contributed by atoms with Gasteiger partial charge in [-0.25, -0.2) is 0 Å². The molecule has 114 valence electrons. The molecule has 2 nitrogen and oxygen atoms in total. The normalized spacial score (nSPS) is 22.2. The summed E-state index contributed by atoms with van der Waals surface area (Å²) in [4.78, 5) is 12.8. The standard InChI is InChI=1S/C16H11Cl4NO/c17-11-6-7-13(12(18)8-11)21-14(22)15(9-16(15,19)20)10-4-2-1-3-5-10/h1-8H,9H2,(H,21,22)/t15-/m0/s1. The highest BCUT2D eigenvalue weighted by Gasteiger charge is 2.72. The third kappa shape index (κ3) is 2.59. The van der Waals surface area contributed by atoms with E-state index in [1.165, 1.54) is 0 Å². The molecule has 3 rings (SSSR count). The molecule has 2 aromatic rings. The second kappa shape index (κ2) is 5.61. The molecule has 1 N–H and O–H groups in total. The topological polar surface area (TPSA) is 29.1 Å². The molecule has 0 spiro atoms. The van der Waals surface area contributed by atoms with E-state index in [-0.39, 0.29) is 5.91 Å². The van der Waals surface area contributed by atoms with Crippen LogP contribution in [0.1, 0.15) is 12.0 Å². The number of halogens is 4. The van der Waals surface area contributed by atoms with E-state index in [1.54, 1.807) is 18.2 Å². The van der Waals surface area contributed by atoms with Crippen molar-refractivity contribution < 1.29 is 4.79 Å². The molecule has 0 bridgehead atoms. The van der Waals surface area contributed by atoms with Gasteiger partial charge in [0.2, 0.25) is 5.91 Å². The number of carbonyl (C=O) groups is 1. The Hall–Kier alpha value is -0.930. The molecule has 1 atom stereocenters. The molecule has 1 amide bonds. The highest BCUT2D eigenvalue weighted by Crippen LogP contribution is 2.65. The number of hydrogen-bond donors (Lipinski definition) is 1. The van der Waals surface area contributed by atoms with Gasteiger partial charge in [-0.2, -0.15) is 0 Å². The summed E-state index contributed by atoms with van der Waals surface area (Å²) in [5.74, 6) is -0.284. The second-order valence-electron chi connectivity index (χ2n) is 5.23. The first kappa shape index (κ1) is 15.9. The Morgan fingerprint density at radius 2 is 1.68 bits per heavy atom. The van der Waals surface area contributed by atoms with E-state index < -0.39 is 9.75 Å². The zero-order valence-corrected chi connectivity index (χ0v) is 14.3. The molecular weight excluding hydrogens is 364 g/mol. The molecule has 1 saturated carbocycles. The first-order valence-corrected chi connectivity index (χ1v) is 8.08. The summed E-state index contributed by atoms with van der Waals surface area (Å²) in [7, 11) is 0. The van der Waals surface area contributed by atoms with Crippen molar-refractivity contribution in [3.63, 3.8) is 0 Å². The van der Waals surface area contributed by atoms with Gasteiger partial charge in [0.1, 0.15) is 9.75 Å². The Kier molecular flexibility index (Phi) is 4.07. The molecule has 22 heavy (non-hydrogen) atoms. The van der Waals surface area contributed by atoms with Crippen molar-refractivity contribution in [2.45, 2.75) is 16.2 Å². The summed E-state index contributed by atoms with van der Waals surface area (Å²) in [6.45, 7) is 0. The zero-order valence-electron chi connectivity index (χ0n) is 11.2. The maximum atomic E-state index is 12.8. The molecular formula is C16H11Cl4NO. The quantitative estimate of drug-likeness (QED) is 0.711. The fourth-order valence-corrected chi connectivity index (χ4v) is 3.77. The maximum Gasteiger partial charge on any atom is 0.238 e. The second-order valence-corrected chi connectivity index (χ2v) is 7.56. The molecule has 0 unspecified atom stereocenters. The summed E-state index contributed by atoms with van der Waals surface area (Å²) >= 11 is 24.5. The third-order valence-electron chi connectivity index (χ3n) is 3.82. The van der Waals surface area contributed by atoms with Gasteiger partial charge in [0, 0.05) is 11.4 Å². The van der Waals surface area contributed by atoms with Crippen LogP contribution in [0.4, 0.5) is 5.69 Å². The Bertz CT molecular complexity index is 732. The van der Waals surface area contributed by atoms with Gasteiger partial charge in [-0.3, -0.25) is 4.79 Å². The van der Waals surface area contributed by atoms with Crippen molar-refractivity contribution in [1.29, 1.82) is 0 Å². The van der Waals surface area contributed by atoms with E-state index in [0.29, 0.717) is 22.2 Å². The number of rotatable bonds is 3. The molecule has 0 aliphatic heterocycles. The van der Waals surface area contributed by atoms with Crippen LogP contribution < -0.4 is 5.32 Å². The molecule has 0 heterocycles. The molecule has 0 aromatic heterocycles. The van der Waals surface area contributed by atoms with Gasteiger partial charge in [0.05, 0.1) is 10.7 Å². The van der Waals surface area contributed by atoms with Crippen molar-refractivity contribution in [2.24, 2.45) is 0 Å². The largest absolute Gasteiger partial charge is 0.324 e. The van der Waals surface area contributed by atoms with Crippen LogP contribution in [0.2, 0.25) is 10.0 Å². The SMILES string of the molecule is O=C(Nc1ccc(Cl)cc1Cl)[C@@]1(c2ccccc2)CC1(Cl)Cl. The van der Waals surface area contributed by atoms with Crippen LogP contribution in [-0.2, 0) is 10.2 Å². The number of hydrogen-bond acceptors (Lipinski definition) is 1. The molecule has 2 aromatic carbocycles. The summed E-state index contributed by atoms with van der Waals surface area (Å²) in [6, 6.07) is 14.1. The fraction of sp³-hybridized carbons (Fsp3) is 0.188. The number of amides is 1. The Labute approximate surface area is 148 Å². The number of alkyl halides is 2. The average molecular weight is 375 g/mol. The van der Waals surface area contributed by atoms with Crippen LogP contribution in [0.3, 0.4) is 0 Å². The summed E-state index contributed by atoms with van der Waals surface area (Å²) in [5, 5.41) is 3.65. The summed E-state index contributed by atoms with van der Waals surface area (Å²) < 4.78 is -1.13. The Morgan fingerprint density at radius 3 is 2.23 bits per heavy atom. The van der Waals surface area contributed by atoms with E-state index in [2.05, 4.69) is 5.32 Å². The minimum absolute atomic E-state index is 0.284. The molecule has 1 aliphatic rings. The Morgan fingerprint density at radius 1 is 1.05 bits per heavy atom. The minimum atomic E-state index is -1.13. The van der Waals surface area contributed by atoms with Crippen molar-refractivity contribution >= 4 is 58.0 Å². The van der Waals surface area contributed by atoms with Gasteiger partial charge in [0.15, 0.2) is 0 Å². The van der Waals surface area contributed by atoms with Crippen LogP contribution in [0.25, 0.3) is 0 Å². The lowest BCUT2D eigenvalue weighted by molar-refractivity contribution is -0.118. The van der Waals surface area contributed by atoms with Crippen LogP contribution in [0.15, 0.2) is 48.5 Å². The number of anilines is 1. The maximum absolute atomic E-state index is 12.8. The highest BCUT2D eigenvalue weighted by molar-refractivity contribution is 6.54. The molecule has 0 saturated heterocycles. The van der Waals surface area contributed by atoms with E-state index in [4.69, 9.17) is 46.4 Å². The van der Waals surface area contributed by atoms with Crippen molar-refractivity contribution in [1.82, 2.24) is 0 Å². The lowest BCUT2D eigenvalue weighted by Crippen LogP contribution is -2.32. The number of nitrogens with one attached hydrogen (secondary N) is 1. The first-order chi connectivity index (χ1) is 10.4. The van der Waals surface area contributed by atoms with Crippen LogP contribution in [0.5, 0.6) is 0 Å². The number of benzene rings is 2. The highest BCUT2D eigenvalue weighted by atomic mass is 35.5. The lowest BCUT2D eigenvalue weighted by Gasteiger charge is -2.19. The van der Waals surface area contributed by atoms with E-state index >= 15 is 0 Å². The third-order valence-corrected chi connectivity index (χ3v) is 5.28. The Balaban J connectivity index is 1.93. The van der Waals surface area contributed by atoms with Gasteiger partial charge in [-0.1, -0.05) is 53.5 Å². The van der Waals surface area contributed by atoms with Gasteiger partial charge in [-0.15, -0.1) is 23.2 Å². The van der Waals surface area contributed by atoms with Crippen LogP contribution in [0, 0.1) is 0 Å². The minimum Gasteiger partial charge on any atom is -0.324 e. The van der Waals surface area contributed by atoms with Gasteiger partial charge < -0.3 is 5.32 Å². The lowest BCUT2D eigenvalue weighted by atomic mass is 9.94. The van der Waals surface area contributed by atoms with Crippen molar-refractivity contribution in [3.05, 3.63) is 64.1 Å². The molecule has 1 fully saturated rings.